The van der Waals surface area contributed by atoms with Crippen LogP contribution in [-0.2, 0) is 12.6 Å². The van der Waals surface area contributed by atoms with Gasteiger partial charge in [0.2, 0.25) is 0 Å². The number of halogens is 1. The summed E-state index contributed by atoms with van der Waals surface area (Å²) in [5.74, 6) is 3.00. The fraction of sp³-hybridized carbons (Fsp3) is 0.0667. The van der Waals surface area contributed by atoms with Crippen LogP contribution in [0.5, 0.6) is 0 Å². The second-order valence-corrected chi connectivity index (χ2v) is 9.72. The van der Waals surface area contributed by atoms with Crippen molar-refractivity contribution in [1.82, 2.24) is 0 Å². The van der Waals surface area contributed by atoms with E-state index in [0.29, 0.717) is 0 Å². The third-order valence-electron chi connectivity index (χ3n) is 2.16. The van der Waals surface area contributed by atoms with Crippen molar-refractivity contribution in [2.45, 2.75) is 0 Å². The Morgan fingerprint density at radius 3 is 2.05 bits per heavy atom. The maximum absolute atomic E-state index is 11.4. The maximum atomic E-state index is 11.4. The molecule has 0 atom stereocenters. The Kier molecular flexibility index (Phi) is 5.17. The molecule has 2 rings (SSSR count). The summed E-state index contributed by atoms with van der Waals surface area (Å²) in [7, 11) is -3.51. The normalized spacial score (nSPS) is 11.3. The molecule has 0 unspecified atom stereocenters. The van der Waals surface area contributed by atoms with Crippen LogP contribution >= 0.6 is 20.2 Å². The van der Waals surface area contributed by atoms with E-state index in [1.165, 1.54) is 0 Å². The predicted octanol–water partition coefficient (Wildman–Crippen LogP) is 3.26. The Morgan fingerprint density at radius 1 is 0.950 bits per heavy atom. The molecule has 5 heteroatoms. The van der Waals surface area contributed by atoms with Gasteiger partial charge in [0.1, 0.15) is 0 Å². The predicted molar refractivity (Wildman–Crippen MR) is 88.4 cm³/mol. The van der Waals surface area contributed by atoms with Crippen molar-refractivity contribution in [2.24, 2.45) is 0 Å². The van der Waals surface area contributed by atoms with E-state index in [1.807, 2.05) is 60.7 Å². The summed E-state index contributed by atoms with van der Waals surface area (Å²) in [6.07, 6.45) is 1.06. The fourth-order valence-corrected chi connectivity index (χ4v) is 6.49. The second-order valence-electron chi connectivity index (χ2n) is 3.90. The van der Waals surface area contributed by atoms with Crippen LogP contribution < -0.4 is 0 Å². The van der Waals surface area contributed by atoms with E-state index in [1.54, 1.807) is 0 Å². The first-order chi connectivity index (χ1) is 9.54. The SMILES string of the molecule is CS(=O)(=O)OI(C#Cc1ccccc1)c1ccccc1. The van der Waals surface area contributed by atoms with Crippen molar-refractivity contribution in [2.75, 3.05) is 6.26 Å². The van der Waals surface area contributed by atoms with Crippen molar-refractivity contribution in [3.05, 3.63) is 69.8 Å². The van der Waals surface area contributed by atoms with Crippen molar-refractivity contribution in [1.29, 1.82) is 0 Å². The van der Waals surface area contributed by atoms with Gasteiger partial charge in [-0.3, -0.25) is 0 Å². The van der Waals surface area contributed by atoms with Gasteiger partial charge in [-0.2, -0.15) is 0 Å². The van der Waals surface area contributed by atoms with Gasteiger partial charge in [0.05, 0.1) is 0 Å². The second kappa shape index (κ2) is 6.88. The molecule has 0 amide bonds. The molecule has 0 radical (unpaired) electrons. The molecular formula is C15H13IO3S. The van der Waals surface area contributed by atoms with E-state index in [2.05, 4.69) is 9.85 Å². The Balaban J connectivity index is 2.31. The average Bonchev–Trinajstić information content (AvgIpc) is 2.44. The van der Waals surface area contributed by atoms with Gasteiger partial charge >= 0.3 is 127 Å². The van der Waals surface area contributed by atoms with E-state index >= 15 is 0 Å². The van der Waals surface area contributed by atoms with Crippen LogP contribution in [0.4, 0.5) is 0 Å². The topological polar surface area (TPSA) is 43.4 Å². The zero-order valence-corrected chi connectivity index (χ0v) is 13.8. The van der Waals surface area contributed by atoms with Crippen LogP contribution in [0.15, 0.2) is 60.7 Å². The molecular weight excluding hydrogens is 387 g/mol. The van der Waals surface area contributed by atoms with Crippen LogP contribution in [0.3, 0.4) is 0 Å². The van der Waals surface area contributed by atoms with E-state index in [4.69, 9.17) is 2.51 Å². The number of hydrogen-bond donors (Lipinski definition) is 0. The van der Waals surface area contributed by atoms with Crippen LogP contribution in [0.1, 0.15) is 5.56 Å². The Bertz CT molecular complexity index is 716. The van der Waals surface area contributed by atoms with Gasteiger partial charge in [0.15, 0.2) is 0 Å². The quantitative estimate of drug-likeness (QED) is 0.587. The van der Waals surface area contributed by atoms with E-state index in [-0.39, 0.29) is 0 Å². The minimum absolute atomic E-state index is 0.850. The molecule has 0 heterocycles. The molecule has 0 bridgehead atoms. The van der Waals surface area contributed by atoms with Crippen LogP contribution in [0, 0.1) is 13.4 Å². The molecule has 0 spiro atoms. The standard InChI is InChI=1S/C15H13IO3S/c1-20(17,18)19-16(15-10-6-3-7-11-15)13-12-14-8-4-2-5-9-14/h2-11H,1H3. The number of benzene rings is 2. The molecule has 0 aliphatic heterocycles. The summed E-state index contributed by atoms with van der Waals surface area (Å²) in [6, 6.07) is 18.8. The van der Waals surface area contributed by atoms with Crippen LogP contribution in [-0.4, -0.2) is 14.7 Å². The first-order valence-corrected chi connectivity index (χ1v) is 10.6. The Morgan fingerprint density at radius 2 is 1.50 bits per heavy atom. The van der Waals surface area contributed by atoms with Crippen molar-refractivity contribution < 1.29 is 10.9 Å². The average molecular weight is 400 g/mol. The monoisotopic (exact) mass is 400 g/mol. The van der Waals surface area contributed by atoms with E-state index in [9.17, 15) is 8.42 Å². The molecule has 0 aliphatic rings. The molecule has 2 aromatic rings. The van der Waals surface area contributed by atoms with Gasteiger partial charge in [-0.15, -0.1) is 0 Å². The first-order valence-electron chi connectivity index (χ1n) is 5.76. The minimum atomic E-state index is -3.51. The Labute approximate surface area is 127 Å². The first kappa shape index (κ1) is 15.0. The van der Waals surface area contributed by atoms with Crippen molar-refractivity contribution in [3.63, 3.8) is 0 Å². The summed E-state index contributed by atoms with van der Waals surface area (Å²) >= 11 is -2.53. The Hall–Kier alpha value is -1.36. The molecule has 0 fully saturated rings. The van der Waals surface area contributed by atoms with Crippen LogP contribution in [0.2, 0.25) is 0 Å². The molecule has 0 N–H and O–H groups in total. The number of rotatable bonds is 3. The van der Waals surface area contributed by atoms with Gasteiger partial charge in [0.25, 0.3) is 0 Å². The zero-order chi connectivity index (χ0) is 14.4. The van der Waals surface area contributed by atoms with Gasteiger partial charge in [0, 0.05) is 0 Å². The summed E-state index contributed by atoms with van der Waals surface area (Å²) < 4.78 is 31.8. The summed E-state index contributed by atoms with van der Waals surface area (Å²) in [5.41, 5.74) is 0.850. The number of hydrogen-bond acceptors (Lipinski definition) is 3. The third kappa shape index (κ3) is 4.96. The zero-order valence-electron chi connectivity index (χ0n) is 10.8. The molecule has 2 aromatic carbocycles. The third-order valence-corrected chi connectivity index (χ3v) is 8.16. The van der Waals surface area contributed by atoms with Crippen molar-refractivity contribution in [3.8, 4) is 9.85 Å². The molecule has 0 saturated heterocycles. The van der Waals surface area contributed by atoms with Gasteiger partial charge < -0.3 is 0 Å². The molecule has 104 valence electrons. The van der Waals surface area contributed by atoms with Gasteiger partial charge in [-0.1, -0.05) is 0 Å². The summed E-state index contributed by atoms with van der Waals surface area (Å²) in [5, 5.41) is 0. The van der Waals surface area contributed by atoms with E-state index < -0.39 is 30.4 Å². The van der Waals surface area contributed by atoms with Gasteiger partial charge in [-0.05, 0) is 0 Å². The van der Waals surface area contributed by atoms with E-state index in [0.717, 1.165) is 15.4 Å². The molecule has 0 aromatic heterocycles. The molecule has 20 heavy (non-hydrogen) atoms. The summed E-state index contributed by atoms with van der Waals surface area (Å²) in [4.78, 5) is 0. The molecule has 3 nitrogen and oxygen atoms in total. The molecule has 0 saturated carbocycles. The fourth-order valence-electron chi connectivity index (χ4n) is 1.37. The van der Waals surface area contributed by atoms with Crippen molar-refractivity contribution >= 4 is 30.4 Å². The molecule has 0 aliphatic carbocycles. The van der Waals surface area contributed by atoms with Gasteiger partial charge in [-0.25, -0.2) is 0 Å². The van der Waals surface area contributed by atoms with Crippen LogP contribution in [0.25, 0.3) is 0 Å². The summed E-state index contributed by atoms with van der Waals surface area (Å²) in [6.45, 7) is 0.